The topological polar surface area (TPSA) is 102 Å². The number of carbonyl (C=O) groups excluding carboxylic acids is 2. The molecule has 0 aromatic carbocycles. The standard InChI is InChI=1S/C10H16N4O2S/c1-6(2)14(4-8(11)15)9(16)3-7-5-17-10(12)13-7/h5-6H,3-4H2,1-2H3,(H2,11,15)(H2,12,13). The van der Waals surface area contributed by atoms with Gasteiger partial charge in [-0.25, -0.2) is 4.98 Å². The van der Waals surface area contributed by atoms with E-state index in [0.29, 0.717) is 10.8 Å². The van der Waals surface area contributed by atoms with Gasteiger partial charge in [-0.15, -0.1) is 11.3 Å². The van der Waals surface area contributed by atoms with E-state index in [4.69, 9.17) is 11.5 Å². The lowest BCUT2D eigenvalue weighted by molar-refractivity contribution is -0.136. The van der Waals surface area contributed by atoms with Crippen LogP contribution in [0.15, 0.2) is 5.38 Å². The van der Waals surface area contributed by atoms with E-state index < -0.39 is 5.91 Å². The molecule has 0 aliphatic carbocycles. The number of nitrogens with zero attached hydrogens (tertiary/aromatic N) is 2. The lowest BCUT2D eigenvalue weighted by Crippen LogP contribution is -2.43. The smallest absolute Gasteiger partial charge is 0.237 e. The fraction of sp³-hybridized carbons (Fsp3) is 0.500. The van der Waals surface area contributed by atoms with Crippen molar-refractivity contribution in [2.24, 2.45) is 5.73 Å². The van der Waals surface area contributed by atoms with Crippen molar-refractivity contribution < 1.29 is 9.59 Å². The fourth-order valence-corrected chi connectivity index (χ4v) is 1.95. The third-order valence-corrected chi connectivity index (χ3v) is 2.89. The number of rotatable bonds is 5. The molecule has 0 saturated heterocycles. The van der Waals surface area contributed by atoms with Gasteiger partial charge in [-0.2, -0.15) is 0 Å². The van der Waals surface area contributed by atoms with Gasteiger partial charge in [0.1, 0.15) is 0 Å². The summed E-state index contributed by atoms with van der Waals surface area (Å²) in [6.45, 7) is 3.59. The Bertz CT molecular complexity index is 416. The molecular formula is C10H16N4O2S. The second kappa shape index (κ2) is 5.62. The largest absolute Gasteiger partial charge is 0.375 e. The molecule has 1 aromatic rings. The molecule has 0 atom stereocenters. The van der Waals surface area contributed by atoms with Crippen molar-refractivity contribution in [1.82, 2.24) is 9.88 Å². The predicted octanol–water partition coefficient (Wildman–Crippen LogP) is -0.00990. The van der Waals surface area contributed by atoms with Crippen molar-refractivity contribution in [3.05, 3.63) is 11.1 Å². The maximum atomic E-state index is 11.9. The SMILES string of the molecule is CC(C)N(CC(N)=O)C(=O)Cc1csc(N)n1. The van der Waals surface area contributed by atoms with Crippen molar-refractivity contribution in [2.45, 2.75) is 26.3 Å². The van der Waals surface area contributed by atoms with E-state index in [1.54, 1.807) is 5.38 Å². The lowest BCUT2D eigenvalue weighted by Gasteiger charge is -2.24. The molecule has 0 spiro atoms. The van der Waals surface area contributed by atoms with Gasteiger partial charge >= 0.3 is 0 Å². The Labute approximate surface area is 104 Å². The molecule has 0 saturated carbocycles. The molecular weight excluding hydrogens is 240 g/mol. The van der Waals surface area contributed by atoms with Gasteiger partial charge < -0.3 is 16.4 Å². The minimum absolute atomic E-state index is 0.0733. The summed E-state index contributed by atoms with van der Waals surface area (Å²) in [5.41, 5.74) is 11.2. The van der Waals surface area contributed by atoms with Crippen LogP contribution in [-0.2, 0) is 16.0 Å². The summed E-state index contributed by atoms with van der Waals surface area (Å²) in [6.07, 6.45) is 0.138. The number of carbonyl (C=O) groups is 2. The van der Waals surface area contributed by atoms with Gasteiger partial charge in [0.05, 0.1) is 18.7 Å². The van der Waals surface area contributed by atoms with Crippen LogP contribution in [0.25, 0.3) is 0 Å². The summed E-state index contributed by atoms with van der Waals surface area (Å²) in [6, 6.07) is -0.0778. The third kappa shape index (κ3) is 4.03. The lowest BCUT2D eigenvalue weighted by atomic mass is 10.2. The van der Waals surface area contributed by atoms with E-state index in [2.05, 4.69) is 4.98 Å². The minimum atomic E-state index is -0.523. The number of hydrogen-bond acceptors (Lipinski definition) is 5. The number of anilines is 1. The van der Waals surface area contributed by atoms with Crippen molar-refractivity contribution in [1.29, 1.82) is 0 Å². The second-order valence-electron chi connectivity index (χ2n) is 3.94. The number of nitrogens with two attached hydrogens (primary N) is 2. The predicted molar refractivity (Wildman–Crippen MR) is 66.3 cm³/mol. The molecule has 0 aliphatic heterocycles. The van der Waals surface area contributed by atoms with Crippen LogP contribution in [0.1, 0.15) is 19.5 Å². The Kier molecular flexibility index (Phi) is 4.45. The van der Waals surface area contributed by atoms with Crippen LogP contribution in [0.4, 0.5) is 5.13 Å². The summed E-state index contributed by atoms with van der Waals surface area (Å²) in [5.74, 6) is -0.700. The first-order chi connectivity index (χ1) is 7.90. The van der Waals surface area contributed by atoms with E-state index in [-0.39, 0.29) is 24.9 Å². The maximum Gasteiger partial charge on any atom is 0.237 e. The first-order valence-corrected chi connectivity index (χ1v) is 6.05. The van der Waals surface area contributed by atoms with Crippen LogP contribution in [0.3, 0.4) is 0 Å². The van der Waals surface area contributed by atoms with E-state index in [9.17, 15) is 9.59 Å². The minimum Gasteiger partial charge on any atom is -0.375 e. The molecule has 2 amide bonds. The Hall–Kier alpha value is -1.63. The Balaban J connectivity index is 2.68. The quantitative estimate of drug-likeness (QED) is 0.773. The zero-order valence-electron chi connectivity index (χ0n) is 9.84. The second-order valence-corrected chi connectivity index (χ2v) is 4.83. The van der Waals surface area contributed by atoms with Crippen molar-refractivity contribution in [2.75, 3.05) is 12.3 Å². The molecule has 0 bridgehead atoms. The summed E-state index contributed by atoms with van der Waals surface area (Å²) >= 11 is 1.28. The molecule has 4 N–H and O–H groups in total. The molecule has 6 nitrogen and oxygen atoms in total. The Morgan fingerprint density at radius 3 is 2.59 bits per heavy atom. The molecule has 0 aliphatic rings. The van der Waals surface area contributed by atoms with E-state index in [1.807, 2.05) is 13.8 Å². The van der Waals surface area contributed by atoms with Gasteiger partial charge in [-0.05, 0) is 13.8 Å². The number of hydrogen-bond donors (Lipinski definition) is 2. The van der Waals surface area contributed by atoms with Gasteiger partial charge in [0.2, 0.25) is 11.8 Å². The molecule has 7 heteroatoms. The molecule has 17 heavy (non-hydrogen) atoms. The average Bonchev–Trinajstić information content (AvgIpc) is 2.59. The number of aromatic nitrogens is 1. The van der Waals surface area contributed by atoms with Gasteiger partial charge in [0.25, 0.3) is 0 Å². The molecule has 1 aromatic heterocycles. The van der Waals surface area contributed by atoms with Gasteiger partial charge in [0, 0.05) is 11.4 Å². The summed E-state index contributed by atoms with van der Waals surface area (Å²) in [5, 5.41) is 2.16. The van der Waals surface area contributed by atoms with Crippen molar-refractivity contribution in [3.63, 3.8) is 0 Å². The fourth-order valence-electron chi connectivity index (χ4n) is 1.39. The van der Waals surface area contributed by atoms with Crippen LogP contribution in [0.2, 0.25) is 0 Å². The highest BCUT2D eigenvalue weighted by Gasteiger charge is 2.19. The van der Waals surface area contributed by atoms with Crippen LogP contribution in [-0.4, -0.2) is 34.3 Å². The van der Waals surface area contributed by atoms with E-state index in [0.717, 1.165) is 0 Å². The van der Waals surface area contributed by atoms with E-state index in [1.165, 1.54) is 16.2 Å². The van der Waals surface area contributed by atoms with Gasteiger partial charge in [-0.1, -0.05) is 0 Å². The highest BCUT2D eigenvalue weighted by atomic mass is 32.1. The molecule has 0 fully saturated rings. The van der Waals surface area contributed by atoms with Crippen molar-refractivity contribution in [3.8, 4) is 0 Å². The van der Waals surface area contributed by atoms with Gasteiger partial charge in [0.15, 0.2) is 5.13 Å². The molecule has 94 valence electrons. The highest BCUT2D eigenvalue weighted by Crippen LogP contribution is 2.13. The van der Waals surface area contributed by atoms with Crippen LogP contribution >= 0.6 is 11.3 Å². The molecule has 1 rings (SSSR count). The normalized spacial score (nSPS) is 10.5. The summed E-state index contributed by atoms with van der Waals surface area (Å²) < 4.78 is 0. The van der Waals surface area contributed by atoms with Crippen LogP contribution in [0, 0.1) is 0 Å². The average molecular weight is 256 g/mol. The number of amides is 2. The Morgan fingerprint density at radius 1 is 1.53 bits per heavy atom. The van der Waals surface area contributed by atoms with Crippen molar-refractivity contribution >= 4 is 28.3 Å². The number of primary amides is 1. The zero-order valence-corrected chi connectivity index (χ0v) is 10.7. The zero-order chi connectivity index (χ0) is 13.0. The highest BCUT2D eigenvalue weighted by molar-refractivity contribution is 7.13. The summed E-state index contributed by atoms with van der Waals surface area (Å²) in [4.78, 5) is 28.2. The summed E-state index contributed by atoms with van der Waals surface area (Å²) in [7, 11) is 0. The molecule has 0 unspecified atom stereocenters. The van der Waals surface area contributed by atoms with Crippen LogP contribution < -0.4 is 11.5 Å². The first-order valence-electron chi connectivity index (χ1n) is 5.17. The Morgan fingerprint density at radius 2 is 2.18 bits per heavy atom. The molecule has 1 heterocycles. The number of nitrogen functional groups attached to an aromatic ring is 1. The maximum absolute atomic E-state index is 11.9. The van der Waals surface area contributed by atoms with Crippen LogP contribution in [0.5, 0.6) is 0 Å². The third-order valence-electron chi connectivity index (χ3n) is 2.17. The number of thiazole rings is 1. The van der Waals surface area contributed by atoms with Gasteiger partial charge in [-0.3, -0.25) is 9.59 Å². The monoisotopic (exact) mass is 256 g/mol. The van der Waals surface area contributed by atoms with E-state index >= 15 is 0 Å². The first kappa shape index (κ1) is 13.4. The molecule has 0 radical (unpaired) electrons.